The van der Waals surface area contributed by atoms with Crippen molar-refractivity contribution in [1.82, 2.24) is 15.1 Å². The van der Waals surface area contributed by atoms with E-state index in [-0.39, 0.29) is 23.7 Å². The standard InChI is InChI=1S/C17H19N3O4/c21-14(6-13-2-1-5-23-13)20-7-12-8-22-10-17(12,9-20)16-19-18-15(24-16)11-3-4-11/h1-2,5,11-12H,3-4,6-10H2/t12-,17-/m1/s1. The Morgan fingerprint density at radius 1 is 1.38 bits per heavy atom. The molecule has 2 aromatic heterocycles. The zero-order valence-corrected chi connectivity index (χ0v) is 13.3. The lowest BCUT2D eigenvalue weighted by Gasteiger charge is -2.22. The fourth-order valence-corrected chi connectivity index (χ4v) is 3.83. The molecule has 7 nitrogen and oxygen atoms in total. The Kier molecular flexibility index (Phi) is 3.06. The van der Waals surface area contributed by atoms with Crippen LogP contribution in [0, 0.1) is 5.92 Å². The molecule has 2 saturated heterocycles. The second kappa shape index (κ2) is 5.17. The van der Waals surface area contributed by atoms with Gasteiger partial charge in [0, 0.05) is 24.9 Å². The van der Waals surface area contributed by atoms with Crippen LogP contribution in [-0.4, -0.2) is 47.3 Å². The quantitative estimate of drug-likeness (QED) is 0.846. The fourth-order valence-electron chi connectivity index (χ4n) is 3.83. The van der Waals surface area contributed by atoms with Crippen molar-refractivity contribution in [3.05, 3.63) is 35.9 Å². The summed E-state index contributed by atoms with van der Waals surface area (Å²) < 4.78 is 17.0. The van der Waals surface area contributed by atoms with Crippen molar-refractivity contribution in [2.75, 3.05) is 26.3 Å². The highest BCUT2D eigenvalue weighted by atomic mass is 16.5. The minimum absolute atomic E-state index is 0.0701. The molecule has 2 aliphatic heterocycles. The number of rotatable bonds is 4. The van der Waals surface area contributed by atoms with Crippen LogP contribution in [0.5, 0.6) is 0 Å². The average Bonchev–Trinajstić information content (AvgIpc) is 3.01. The summed E-state index contributed by atoms with van der Waals surface area (Å²) >= 11 is 0. The van der Waals surface area contributed by atoms with Crippen LogP contribution >= 0.6 is 0 Å². The summed E-state index contributed by atoms with van der Waals surface area (Å²) in [4.78, 5) is 14.5. The Bertz CT molecular complexity index is 752. The van der Waals surface area contributed by atoms with Gasteiger partial charge in [0.05, 0.1) is 31.3 Å². The van der Waals surface area contributed by atoms with Crippen molar-refractivity contribution < 1.29 is 18.4 Å². The fraction of sp³-hybridized carbons (Fsp3) is 0.588. The largest absolute Gasteiger partial charge is 0.469 e. The Balaban J connectivity index is 1.37. The maximum Gasteiger partial charge on any atom is 0.230 e. The molecule has 5 rings (SSSR count). The van der Waals surface area contributed by atoms with Gasteiger partial charge in [-0.25, -0.2) is 0 Å². The van der Waals surface area contributed by atoms with Gasteiger partial charge in [0.2, 0.25) is 17.7 Å². The van der Waals surface area contributed by atoms with E-state index in [0.717, 1.165) is 18.7 Å². The molecule has 0 spiro atoms. The van der Waals surface area contributed by atoms with Gasteiger partial charge in [0.25, 0.3) is 0 Å². The Labute approximate surface area is 139 Å². The molecule has 126 valence electrons. The molecular formula is C17H19N3O4. The van der Waals surface area contributed by atoms with E-state index in [0.29, 0.717) is 43.9 Å². The Morgan fingerprint density at radius 2 is 2.29 bits per heavy atom. The van der Waals surface area contributed by atoms with Gasteiger partial charge in [-0.05, 0) is 25.0 Å². The molecule has 0 aromatic carbocycles. The van der Waals surface area contributed by atoms with E-state index >= 15 is 0 Å². The lowest BCUT2D eigenvalue weighted by atomic mass is 9.81. The van der Waals surface area contributed by atoms with E-state index in [1.807, 2.05) is 11.0 Å². The first-order valence-corrected chi connectivity index (χ1v) is 8.46. The highest BCUT2D eigenvalue weighted by molar-refractivity contribution is 5.78. The molecule has 7 heteroatoms. The molecule has 0 N–H and O–H groups in total. The summed E-state index contributed by atoms with van der Waals surface area (Å²) in [6, 6.07) is 3.63. The number of aromatic nitrogens is 2. The van der Waals surface area contributed by atoms with Crippen LogP contribution in [0.1, 0.15) is 36.3 Å². The molecule has 3 fully saturated rings. The van der Waals surface area contributed by atoms with Gasteiger partial charge in [-0.3, -0.25) is 4.79 Å². The summed E-state index contributed by atoms with van der Waals surface area (Å²) in [7, 11) is 0. The lowest BCUT2D eigenvalue weighted by Crippen LogP contribution is -2.38. The van der Waals surface area contributed by atoms with Crippen LogP contribution in [0.15, 0.2) is 27.2 Å². The molecule has 3 aliphatic rings. The van der Waals surface area contributed by atoms with Crippen LogP contribution < -0.4 is 0 Å². The Hall–Kier alpha value is -2.15. The van der Waals surface area contributed by atoms with Gasteiger partial charge < -0.3 is 18.5 Å². The lowest BCUT2D eigenvalue weighted by molar-refractivity contribution is -0.130. The summed E-state index contributed by atoms with van der Waals surface area (Å²) in [6.07, 6.45) is 4.13. The molecule has 24 heavy (non-hydrogen) atoms. The first kappa shape index (κ1) is 14.2. The highest BCUT2D eigenvalue weighted by Gasteiger charge is 2.56. The van der Waals surface area contributed by atoms with E-state index < -0.39 is 0 Å². The monoisotopic (exact) mass is 329 g/mol. The second-order valence-corrected chi connectivity index (χ2v) is 7.12. The number of fused-ring (bicyclic) bond motifs is 1. The minimum atomic E-state index is -0.348. The second-order valence-electron chi connectivity index (χ2n) is 7.12. The van der Waals surface area contributed by atoms with E-state index in [9.17, 15) is 4.79 Å². The van der Waals surface area contributed by atoms with Crippen LogP contribution in [-0.2, 0) is 21.4 Å². The number of amides is 1. The molecule has 2 atom stereocenters. The molecule has 1 saturated carbocycles. The van der Waals surface area contributed by atoms with Gasteiger partial charge in [-0.2, -0.15) is 0 Å². The smallest absolute Gasteiger partial charge is 0.230 e. The third-order valence-electron chi connectivity index (χ3n) is 5.43. The molecule has 0 radical (unpaired) electrons. The normalized spacial score (nSPS) is 29.2. The maximum atomic E-state index is 12.6. The van der Waals surface area contributed by atoms with Crippen molar-refractivity contribution in [2.24, 2.45) is 5.92 Å². The third-order valence-corrected chi connectivity index (χ3v) is 5.43. The zero-order chi connectivity index (χ0) is 16.1. The number of hydrogen-bond acceptors (Lipinski definition) is 6. The summed E-state index contributed by atoms with van der Waals surface area (Å²) in [5.41, 5.74) is -0.348. The first-order valence-electron chi connectivity index (χ1n) is 8.46. The molecular weight excluding hydrogens is 310 g/mol. The molecule has 1 aliphatic carbocycles. The zero-order valence-electron chi connectivity index (χ0n) is 13.3. The van der Waals surface area contributed by atoms with Crippen molar-refractivity contribution in [3.8, 4) is 0 Å². The van der Waals surface area contributed by atoms with Gasteiger partial charge in [0.15, 0.2) is 0 Å². The SMILES string of the molecule is O=C(Cc1ccco1)N1C[C@@H]2COC[C@]2(c2nnc(C3CC3)o2)C1. The van der Waals surface area contributed by atoms with Gasteiger partial charge >= 0.3 is 0 Å². The van der Waals surface area contributed by atoms with Crippen LogP contribution in [0.25, 0.3) is 0 Å². The van der Waals surface area contributed by atoms with Crippen molar-refractivity contribution in [3.63, 3.8) is 0 Å². The molecule has 4 heterocycles. The highest BCUT2D eigenvalue weighted by Crippen LogP contribution is 2.45. The van der Waals surface area contributed by atoms with E-state index in [1.165, 1.54) is 0 Å². The predicted molar refractivity (Wildman–Crippen MR) is 81.3 cm³/mol. The van der Waals surface area contributed by atoms with E-state index in [4.69, 9.17) is 13.6 Å². The molecule has 0 unspecified atom stereocenters. The number of likely N-dealkylation sites (tertiary alicyclic amines) is 1. The molecule has 2 aromatic rings. The Morgan fingerprint density at radius 3 is 3.08 bits per heavy atom. The van der Waals surface area contributed by atoms with Gasteiger partial charge in [-0.1, -0.05) is 0 Å². The minimum Gasteiger partial charge on any atom is -0.469 e. The van der Waals surface area contributed by atoms with Crippen molar-refractivity contribution in [2.45, 2.75) is 30.6 Å². The molecule has 1 amide bonds. The van der Waals surface area contributed by atoms with E-state index in [1.54, 1.807) is 12.3 Å². The molecule has 0 bridgehead atoms. The van der Waals surface area contributed by atoms with Crippen molar-refractivity contribution in [1.29, 1.82) is 0 Å². The average molecular weight is 329 g/mol. The number of nitrogens with zero attached hydrogens (tertiary/aromatic N) is 3. The first-order chi connectivity index (χ1) is 11.7. The topological polar surface area (TPSA) is 81.6 Å². The number of ether oxygens (including phenoxy) is 1. The summed E-state index contributed by atoms with van der Waals surface area (Å²) in [6.45, 7) is 2.41. The summed E-state index contributed by atoms with van der Waals surface area (Å²) in [5, 5.41) is 8.53. The van der Waals surface area contributed by atoms with Crippen LogP contribution in [0.4, 0.5) is 0 Å². The van der Waals surface area contributed by atoms with Gasteiger partial charge in [0.1, 0.15) is 5.76 Å². The number of carbonyl (C=O) groups is 1. The predicted octanol–water partition coefficient (Wildman–Crippen LogP) is 1.51. The summed E-state index contributed by atoms with van der Waals surface area (Å²) in [5.74, 6) is 2.79. The maximum absolute atomic E-state index is 12.6. The third kappa shape index (κ3) is 2.18. The van der Waals surface area contributed by atoms with Crippen molar-refractivity contribution >= 4 is 5.91 Å². The number of carbonyl (C=O) groups excluding carboxylic acids is 1. The van der Waals surface area contributed by atoms with Crippen LogP contribution in [0.3, 0.4) is 0 Å². The van der Waals surface area contributed by atoms with Crippen LogP contribution in [0.2, 0.25) is 0 Å². The van der Waals surface area contributed by atoms with E-state index in [2.05, 4.69) is 10.2 Å². The van der Waals surface area contributed by atoms with Gasteiger partial charge in [-0.15, -0.1) is 10.2 Å². The number of hydrogen-bond donors (Lipinski definition) is 0. The number of furan rings is 1.